The molecule has 0 saturated carbocycles. The van der Waals surface area contributed by atoms with Crippen LogP contribution in [0.15, 0.2) is 30.3 Å². The Balaban J connectivity index is 1.98. The highest BCUT2D eigenvalue weighted by Crippen LogP contribution is 2.13. The zero-order valence-corrected chi connectivity index (χ0v) is 14.7. The molecule has 1 fully saturated rings. The van der Waals surface area contributed by atoms with E-state index in [9.17, 15) is 9.59 Å². The summed E-state index contributed by atoms with van der Waals surface area (Å²) >= 11 is 0. The monoisotopic (exact) mass is 332 g/mol. The molecule has 1 aromatic carbocycles. The van der Waals surface area contributed by atoms with Gasteiger partial charge in [0.1, 0.15) is 6.04 Å². The molecule has 1 aromatic rings. The van der Waals surface area contributed by atoms with Crippen molar-refractivity contribution in [2.24, 2.45) is 0 Å². The lowest BCUT2D eigenvalue weighted by Crippen LogP contribution is -2.48. The number of nitrogens with one attached hydrogen (secondary N) is 1. The van der Waals surface area contributed by atoms with E-state index >= 15 is 0 Å². The Bertz CT molecular complexity index is 527. The predicted octanol–water partition coefficient (Wildman–Crippen LogP) is 2.50. The number of hydrogen-bond acceptors (Lipinski definition) is 3. The van der Waals surface area contributed by atoms with E-state index in [-0.39, 0.29) is 17.9 Å². The number of amides is 2. The number of hydrogen-bond donors (Lipinski definition) is 1. The van der Waals surface area contributed by atoms with E-state index in [1.54, 1.807) is 11.8 Å². The maximum atomic E-state index is 12.5. The summed E-state index contributed by atoms with van der Waals surface area (Å²) in [6, 6.07) is 9.29. The Morgan fingerprint density at radius 2 is 2.08 bits per heavy atom. The van der Waals surface area contributed by atoms with Crippen molar-refractivity contribution < 1.29 is 14.3 Å². The SMILES string of the molecule is CCCC(=O)N(Cc1ccccc1)[C@@H](C)C(=O)NC[C@H]1CCCO1. The molecule has 5 nitrogen and oxygen atoms in total. The van der Waals surface area contributed by atoms with Gasteiger partial charge in [0.05, 0.1) is 6.10 Å². The van der Waals surface area contributed by atoms with Gasteiger partial charge >= 0.3 is 0 Å². The van der Waals surface area contributed by atoms with Crippen molar-refractivity contribution in [2.45, 2.75) is 58.2 Å². The van der Waals surface area contributed by atoms with Crippen LogP contribution in [-0.2, 0) is 20.9 Å². The molecule has 0 spiro atoms. The summed E-state index contributed by atoms with van der Waals surface area (Å²) in [6.07, 6.45) is 3.36. The van der Waals surface area contributed by atoms with E-state index in [1.807, 2.05) is 37.3 Å². The van der Waals surface area contributed by atoms with Gasteiger partial charge in [0.15, 0.2) is 0 Å². The minimum atomic E-state index is -0.495. The summed E-state index contributed by atoms with van der Waals surface area (Å²) in [7, 11) is 0. The van der Waals surface area contributed by atoms with Crippen LogP contribution in [0.2, 0.25) is 0 Å². The van der Waals surface area contributed by atoms with Crippen molar-refractivity contribution in [1.82, 2.24) is 10.2 Å². The molecule has 1 heterocycles. The molecule has 0 radical (unpaired) electrons. The molecule has 0 aromatic heterocycles. The summed E-state index contributed by atoms with van der Waals surface area (Å²) < 4.78 is 5.53. The fraction of sp³-hybridized carbons (Fsp3) is 0.579. The topological polar surface area (TPSA) is 58.6 Å². The number of carbonyl (C=O) groups is 2. The van der Waals surface area contributed by atoms with Gasteiger partial charge in [0.25, 0.3) is 0 Å². The first-order chi connectivity index (χ1) is 11.6. The van der Waals surface area contributed by atoms with Crippen LogP contribution in [0.5, 0.6) is 0 Å². The largest absolute Gasteiger partial charge is 0.376 e. The maximum absolute atomic E-state index is 12.5. The number of ether oxygens (including phenoxy) is 1. The smallest absolute Gasteiger partial charge is 0.242 e. The summed E-state index contributed by atoms with van der Waals surface area (Å²) in [5.74, 6) is -0.105. The second-order valence-electron chi connectivity index (χ2n) is 6.31. The molecule has 0 unspecified atom stereocenters. The van der Waals surface area contributed by atoms with Crippen LogP contribution < -0.4 is 5.32 Å². The first kappa shape index (κ1) is 18.5. The first-order valence-electron chi connectivity index (χ1n) is 8.84. The Kier molecular flexibility index (Phi) is 7.25. The molecule has 1 N–H and O–H groups in total. The van der Waals surface area contributed by atoms with Crippen molar-refractivity contribution in [3.05, 3.63) is 35.9 Å². The van der Waals surface area contributed by atoms with Gasteiger partial charge in [-0.05, 0) is 31.7 Å². The summed E-state index contributed by atoms with van der Waals surface area (Å²) in [5.41, 5.74) is 1.03. The van der Waals surface area contributed by atoms with Crippen molar-refractivity contribution in [3.63, 3.8) is 0 Å². The number of benzene rings is 1. The molecule has 1 aliphatic heterocycles. The van der Waals surface area contributed by atoms with Crippen molar-refractivity contribution >= 4 is 11.8 Å². The van der Waals surface area contributed by atoms with Gasteiger partial charge in [-0.1, -0.05) is 37.3 Å². The van der Waals surface area contributed by atoms with E-state index in [2.05, 4.69) is 5.32 Å². The molecule has 1 aliphatic rings. The van der Waals surface area contributed by atoms with E-state index in [1.165, 1.54) is 0 Å². The van der Waals surface area contributed by atoms with Crippen LogP contribution >= 0.6 is 0 Å². The zero-order valence-electron chi connectivity index (χ0n) is 14.7. The molecule has 5 heteroatoms. The Hall–Kier alpha value is -1.88. The van der Waals surface area contributed by atoms with Crippen molar-refractivity contribution in [1.29, 1.82) is 0 Å². The maximum Gasteiger partial charge on any atom is 0.242 e. The van der Waals surface area contributed by atoms with Crippen LogP contribution in [0.1, 0.15) is 45.1 Å². The number of nitrogens with zero attached hydrogens (tertiary/aromatic N) is 1. The lowest BCUT2D eigenvalue weighted by molar-refractivity contribution is -0.140. The van der Waals surface area contributed by atoms with Crippen LogP contribution in [0.3, 0.4) is 0 Å². The third-order valence-electron chi connectivity index (χ3n) is 4.35. The minimum absolute atomic E-state index is 0.0149. The van der Waals surface area contributed by atoms with Gasteiger partial charge in [-0.15, -0.1) is 0 Å². The molecule has 1 saturated heterocycles. The predicted molar refractivity (Wildman–Crippen MR) is 93.3 cm³/mol. The van der Waals surface area contributed by atoms with Gasteiger partial charge in [-0.25, -0.2) is 0 Å². The highest BCUT2D eigenvalue weighted by Gasteiger charge is 2.26. The molecule has 24 heavy (non-hydrogen) atoms. The summed E-state index contributed by atoms with van der Waals surface area (Å²) in [4.78, 5) is 26.6. The quantitative estimate of drug-likeness (QED) is 0.796. The van der Waals surface area contributed by atoms with E-state index in [0.717, 1.165) is 31.4 Å². The lowest BCUT2D eigenvalue weighted by Gasteiger charge is -2.29. The average Bonchev–Trinajstić information content (AvgIpc) is 3.11. The Morgan fingerprint density at radius 1 is 1.33 bits per heavy atom. The molecule has 132 valence electrons. The van der Waals surface area contributed by atoms with Gasteiger partial charge in [0.2, 0.25) is 11.8 Å². The fourth-order valence-electron chi connectivity index (χ4n) is 2.89. The van der Waals surface area contributed by atoms with Crippen LogP contribution in [0, 0.1) is 0 Å². The van der Waals surface area contributed by atoms with Crippen LogP contribution in [0.25, 0.3) is 0 Å². The summed E-state index contributed by atoms with van der Waals surface area (Å²) in [5, 5.41) is 2.93. The lowest BCUT2D eigenvalue weighted by atomic mass is 10.1. The molecule has 2 amide bonds. The van der Waals surface area contributed by atoms with E-state index in [4.69, 9.17) is 4.74 Å². The molecule has 2 atom stereocenters. The fourth-order valence-corrected chi connectivity index (χ4v) is 2.89. The van der Waals surface area contributed by atoms with Crippen molar-refractivity contribution in [3.8, 4) is 0 Å². The molecule has 0 bridgehead atoms. The van der Waals surface area contributed by atoms with Gasteiger partial charge in [0, 0.05) is 26.1 Å². The van der Waals surface area contributed by atoms with Gasteiger partial charge in [-0.2, -0.15) is 0 Å². The van der Waals surface area contributed by atoms with Crippen LogP contribution in [-0.4, -0.2) is 42.0 Å². The molecule has 2 rings (SSSR count). The number of carbonyl (C=O) groups excluding carboxylic acids is 2. The van der Waals surface area contributed by atoms with Crippen LogP contribution in [0.4, 0.5) is 0 Å². The van der Waals surface area contributed by atoms with Gasteiger partial charge < -0.3 is 15.0 Å². The van der Waals surface area contributed by atoms with Gasteiger partial charge in [-0.3, -0.25) is 9.59 Å². The standard InChI is InChI=1S/C19H28N2O3/c1-3-8-18(22)21(14-16-9-5-4-6-10-16)15(2)19(23)20-13-17-11-7-12-24-17/h4-6,9-10,15,17H,3,7-8,11-14H2,1-2H3,(H,20,23)/t15-,17+/m0/s1. The second-order valence-corrected chi connectivity index (χ2v) is 6.31. The van der Waals surface area contributed by atoms with Crippen molar-refractivity contribution in [2.75, 3.05) is 13.2 Å². The average molecular weight is 332 g/mol. The minimum Gasteiger partial charge on any atom is -0.376 e. The third kappa shape index (κ3) is 5.34. The first-order valence-corrected chi connectivity index (χ1v) is 8.84. The van der Waals surface area contributed by atoms with E-state index < -0.39 is 6.04 Å². The molecule has 0 aliphatic carbocycles. The second kappa shape index (κ2) is 9.42. The normalized spacial score (nSPS) is 18.2. The highest BCUT2D eigenvalue weighted by molar-refractivity contribution is 5.87. The third-order valence-corrected chi connectivity index (χ3v) is 4.35. The highest BCUT2D eigenvalue weighted by atomic mass is 16.5. The Morgan fingerprint density at radius 3 is 2.71 bits per heavy atom. The summed E-state index contributed by atoms with van der Waals surface area (Å²) in [6.45, 7) is 5.51. The number of rotatable bonds is 8. The zero-order chi connectivity index (χ0) is 17.4. The molecular weight excluding hydrogens is 304 g/mol. The Labute approximate surface area is 144 Å². The van der Waals surface area contributed by atoms with E-state index in [0.29, 0.717) is 19.5 Å². The molecular formula is C19H28N2O3.